The molecule has 0 spiro atoms. The van der Waals surface area contributed by atoms with Crippen molar-refractivity contribution in [3.63, 3.8) is 0 Å². The van der Waals surface area contributed by atoms with Gasteiger partial charge in [-0.15, -0.1) is 0 Å². The minimum absolute atomic E-state index is 0.435. The highest BCUT2D eigenvalue weighted by molar-refractivity contribution is 6.30. The zero-order chi connectivity index (χ0) is 26.7. The van der Waals surface area contributed by atoms with Crippen molar-refractivity contribution in [2.75, 3.05) is 38.2 Å². The third kappa shape index (κ3) is 4.83. The topological polar surface area (TPSA) is 59.7 Å². The smallest absolute Gasteiger partial charge is 0.127 e. The summed E-state index contributed by atoms with van der Waals surface area (Å²) in [5.41, 5.74) is 1.77. The lowest BCUT2D eigenvalue weighted by atomic mass is 9.68. The van der Waals surface area contributed by atoms with Gasteiger partial charge < -0.3 is 14.7 Å². The van der Waals surface area contributed by atoms with E-state index in [0.717, 1.165) is 40.7 Å². The van der Waals surface area contributed by atoms with E-state index < -0.39 is 17.6 Å². The van der Waals surface area contributed by atoms with Crippen LogP contribution in [0.4, 0.5) is 5.69 Å². The maximum atomic E-state index is 11.9. The first kappa shape index (κ1) is 26.1. The number of aliphatic hydroxyl groups is 1. The van der Waals surface area contributed by atoms with E-state index in [-0.39, 0.29) is 0 Å². The second kappa shape index (κ2) is 11.0. The first-order valence-electron chi connectivity index (χ1n) is 12.9. The first-order valence-corrected chi connectivity index (χ1v) is 13.3. The number of nitrogens with zero attached hydrogens (tertiary/aromatic N) is 3. The van der Waals surface area contributed by atoms with Crippen LogP contribution in [0.5, 0.6) is 5.75 Å². The van der Waals surface area contributed by atoms with Crippen molar-refractivity contribution in [1.29, 1.82) is 5.26 Å². The molecule has 1 heterocycles. The lowest BCUT2D eigenvalue weighted by molar-refractivity contribution is -0.0702. The zero-order valence-corrected chi connectivity index (χ0v) is 22.5. The summed E-state index contributed by atoms with van der Waals surface area (Å²) in [6.45, 7) is 4.58. The van der Waals surface area contributed by atoms with Gasteiger partial charge in [0.1, 0.15) is 17.4 Å². The van der Waals surface area contributed by atoms with Crippen LogP contribution in [0.2, 0.25) is 5.02 Å². The van der Waals surface area contributed by atoms with Gasteiger partial charge in [-0.3, -0.25) is 4.90 Å². The van der Waals surface area contributed by atoms with E-state index in [1.54, 1.807) is 7.11 Å². The predicted molar refractivity (Wildman–Crippen MR) is 154 cm³/mol. The fourth-order valence-electron chi connectivity index (χ4n) is 5.77. The first-order chi connectivity index (χ1) is 18.5. The Hall–Kier alpha value is -3.56. The maximum absolute atomic E-state index is 11.9. The molecular formula is C32H32ClN3O2. The van der Waals surface area contributed by atoms with E-state index in [9.17, 15) is 10.4 Å². The van der Waals surface area contributed by atoms with Crippen molar-refractivity contribution >= 4 is 28.1 Å². The molecule has 0 aromatic heterocycles. The number of rotatable bonds is 7. The molecule has 0 bridgehead atoms. The van der Waals surface area contributed by atoms with Crippen molar-refractivity contribution in [2.45, 2.75) is 19.1 Å². The Bertz CT molecular complexity index is 1460. The number of anilines is 1. The summed E-state index contributed by atoms with van der Waals surface area (Å²) in [5, 5.41) is 25.6. The van der Waals surface area contributed by atoms with Crippen LogP contribution in [-0.2, 0) is 0 Å². The Kier molecular flexibility index (Phi) is 7.58. The van der Waals surface area contributed by atoms with E-state index in [4.69, 9.17) is 16.3 Å². The van der Waals surface area contributed by atoms with Gasteiger partial charge in [-0.1, -0.05) is 78.3 Å². The van der Waals surface area contributed by atoms with E-state index in [0.29, 0.717) is 23.9 Å². The van der Waals surface area contributed by atoms with Gasteiger partial charge in [-0.05, 0) is 47.5 Å². The number of ether oxygens (including phenoxy) is 1. The Morgan fingerprint density at radius 2 is 1.55 bits per heavy atom. The zero-order valence-electron chi connectivity index (χ0n) is 21.7. The van der Waals surface area contributed by atoms with Crippen molar-refractivity contribution in [3.8, 4) is 11.8 Å². The quantitative estimate of drug-likeness (QED) is 0.306. The molecule has 3 atom stereocenters. The summed E-state index contributed by atoms with van der Waals surface area (Å²) in [6, 6.07) is 32.6. The summed E-state index contributed by atoms with van der Waals surface area (Å²) in [6.07, 6.45) is -0.997. The molecule has 1 aliphatic rings. The molecule has 4 aromatic carbocycles. The van der Waals surface area contributed by atoms with Crippen LogP contribution in [0.15, 0.2) is 91.0 Å². The molecule has 6 heteroatoms. The molecule has 0 radical (unpaired) electrons. The van der Waals surface area contributed by atoms with Crippen molar-refractivity contribution in [3.05, 3.63) is 107 Å². The van der Waals surface area contributed by atoms with Gasteiger partial charge >= 0.3 is 0 Å². The molecule has 1 saturated heterocycles. The summed E-state index contributed by atoms with van der Waals surface area (Å²) in [4.78, 5) is 4.29. The fourth-order valence-corrected chi connectivity index (χ4v) is 5.95. The number of hydrogen-bond acceptors (Lipinski definition) is 5. The van der Waals surface area contributed by atoms with Crippen molar-refractivity contribution in [1.82, 2.24) is 4.90 Å². The molecule has 5 nitrogen and oxygen atoms in total. The van der Waals surface area contributed by atoms with Gasteiger partial charge in [0.05, 0.1) is 13.2 Å². The van der Waals surface area contributed by atoms with E-state index >= 15 is 0 Å². The Labute approximate surface area is 229 Å². The number of hydrogen-bond donors (Lipinski definition) is 1. The minimum atomic E-state index is -1.17. The van der Waals surface area contributed by atoms with Gasteiger partial charge in [0.2, 0.25) is 0 Å². The highest BCUT2D eigenvalue weighted by atomic mass is 35.5. The largest absolute Gasteiger partial charge is 0.496 e. The van der Waals surface area contributed by atoms with Gasteiger partial charge in [-0.2, -0.15) is 5.26 Å². The average molecular weight is 526 g/mol. The molecule has 0 aliphatic carbocycles. The number of methoxy groups -OCH3 is 1. The fraction of sp³-hybridized carbons (Fsp3) is 0.281. The average Bonchev–Trinajstić information content (AvgIpc) is 2.97. The number of halogens is 1. The van der Waals surface area contributed by atoms with Crippen LogP contribution in [0, 0.1) is 16.7 Å². The maximum Gasteiger partial charge on any atom is 0.127 e. The minimum Gasteiger partial charge on any atom is -0.496 e. The molecule has 0 amide bonds. The van der Waals surface area contributed by atoms with Crippen LogP contribution in [-0.4, -0.2) is 49.5 Å². The van der Waals surface area contributed by atoms with Crippen LogP contribution in [0.3, 0.4) is 0 Å². The highest BCUT2D eigenvalue weighted by Gasteiger charge is 2.47. The van der Waals surface area contributed by atoms with Gasteiger partial charge in [0.25, 0.3) is 0 Å². The second-order valence-electron chi connectivity index (χ2n) is 10.0. The molecule has 1 fully saturated rings. The molecule has 1 aliphatic heterocycles. The van der Waals surface area contributed by atoms with Crippen molar-refractivity contribution in [2.24, 2.45) is 5.41 Å². The third-order valence-corrected chi connectivity index (χ3v) is 8.03. The predicted octanol–water partition coefficient (Wildman–Crippen LogP) is 6.30. The number of aliphatic hydroxyl groups excluding tert-OH is 1. The highest BCUT2D eigenvalue weighted by Crippen LogP contribution is 2.48. The number of piperazine rings is 1. The molecule has 1 N–H and O–H groups in total. The second-order valence-corrected chi connectivity index (χ2v) is 10.5. The monoisotopic (exact) mass is 525 g/mol. The molecule has 194 valence electrons. The molecule has 5 rings (SSSR count). The van der Waals surface area contributed by atoms with Gasteiger partial charge in [-0.25, -0.2) is 0 Å². The lowest BCUT2D eigenvalue weighted by Crippen LogP contribution is -2.56. The number of nitriles is 1. The number of para-hydroxylation sites is 1. The molecule has 2 unspecified atom stereocenters. The summed E-state index contributed by atoms with van der Waals surface area (Å²) in [5.74, 6) is 0.264. The normalized spacial score (nSPS) is 17.4. The Balaban J connectivity index is 1.54. The van der Waals surface area contributed by atoms with Crippen LogP contribution < -0.4 is 9.64 Å². The standard InChI is InChI=1S/C32H32ClN3O2/c1-32(22-34,31(37)36-19-17-35(18-20-36)25-12-8-11-24(33)21-25)30(28-14-5-6-16-29(28)38-2)27-15-7-10-23-9-3-4-13-26(23)27/h3-16,21,30-31,37H,17-20H2,1-2H3/t30-,31?,32?/m0/s1. The number of fused-ring (bicyclic) bond motifs is 1. The summed E-state index contributed by atoms with van der Waals surface area (Å²) >= 11 is 6.22. The van der Waals surface area contributed by atoms with Crippen molar-refractivity contribution < 1.29 is 9.84 Å². The van der Waals surface area contributed by atoms with Crippen LogP contribution >= 0.6 is 11.6 Å². The SMILES string of the molecule is COc1ccccc1[C@H](c1cccc2ccccc12)C(C)(C#N)C(O)N1CCN(c2cccc(Cl)c2)CC1. The number of benzene rings is 4. The van der Waals surface area contributed by atoms with E-state index in [1.165, 1.54) is 0 Å². The summed E-state index contributed by atoms with van der Waals surface area (Å²) < 4.78 is 5.78. The van der Waals surface area contributed by atoms with E-state index in [1.807, 2.05) is 72.5 Å². The Morgan fingerprint density at radius 3 is 2.29 bits per heavy atom. The summed E-state index contributed by atoms with van der Waals surface area (Å²) in [7, 11) is 1.65. The Morgan fingerprint density at radius 1 is 0.895 bits per heavy atom. The molecule has 0 saturated carbocycles. The molecule has 4 aromatic rings. The van der Waals surface area contributed by atoms with Crippen LogP contribution in [0.1, 0.15) is 24.0 Å². The molecular weight excluding hydrogens is 494 g/mol. The lowest BCUT2D eigenvalue weighted by Gasteiger charge is -2.45. The van der Waals surface area contributed by atoms with E-state index in [2.05, 4.69) is 41.3 Å². The third-order valence-electron chi connectivity index (χ3n) is 7.79. The van der Waals surface area contributed by atoms with Crippen LogP contribution in [0.25, 0.3) is 10.8 Å². The molecule has 38 heavy (non-hydrogen) atoms. The van der Waals surface area contributed by atoms with Gasteiger partial charge in [0.15, 0.2) is 0 Å². The van der Waals surface area contributed by atoms with Gasteiger partial charge in [0, 0.05) is 48.4 Å².